The Labute approximate surface area is 437 Å². The third kappa shape index (κ3) is 12.0. The minimum absolute atomic E-state index is 0.0797. The van der Waals surface area contributed by atoms with Crippen molar-refractivity contribution in [3.8, 4) is 39.8 Å². The summed E-state index contributed by atoms with van der Waals surface area (Å²) >= 11 is 1.00. The summed E-state index contributed by atoms with van der Waals surface area (Å²) in [5, 5.41) is 12.3. The fraction of sp³-hybridized carbons (Fsp3) is 0.353. The van der Waals surface area contributed by atoms with Crippen molar-refractivity contribution in [2.75, 3.05) is 40.2 Å². The number of tetrazole rings is 1. The number of sulfone groups is 2. The normalized spacial score (nSPS) is 13.8. The minimum Gasteiger partial charge on any atom is -0.497 e. The Balaban J connectivity index is 1.39. The highest BCUT2D eigenvalue weighted by Crippen LogP contribution is 2.45. The summed E-state index contributed by atoms with van der Waals surface area (Å²) < 4.78 is 115. The van der Waals surface area contributed by atoms with E-state index >= 15 is 16.8 Å². The molecule has 1 aliphatic heterocycles. The Kier molecular flexibility index (Phi) is 15.5. The lowest BCUT2D eigenvalue weighted by Crippen LogP contribution is -2.57. The molecule has 0 N–H and O–H groups in total. The summed E-state index contributed by atoms with van der Waals surface area (Å²) in [4.78, 5) is 19.2. The first-order chi connectivity index (χ1) is 34.9. The average molecular weight is 1100 g/mol. The van der Waals surface area contributed by atoms with Crippen molar-refractivity contribution in [1.82, 2.24) is 34.4 Å². The second kappa shape index (κ2) is 21.2. The van der Waals surface area contributed by atoms with E-state index in [2.05, 4.69) is 30.0 Å². The molecule has 392 valence electrons. The van der Waals surface area contributed by atoms with E-state index in [0.717, 1.165) is 16.9 Å². The van der Waals surface area contributed by atoms with E-state index in [1.807, 2.05) is 12.1 Å². The van der Waals surface area contributed by atoms with Gasteiger partial charge in [-0.15, -0.1) is 21.5 Å². The van der Waals surface area contributed by atoms with Gasteiger partial charge in [0.25, 0.3) is 0 Å². The molecule has 0 radical (unpaired) electrons. The molecule has 1 amide bonds. The van der Waals surface area contributed by atoms with E-state index in [-0.39, 0.29) is 65.3 Å². The monoisotopic (exact) mass is 1100 g/mol. The zero-order chi connectivity index (χ0) is 53.4. The number of sulfonamides is 1. The van der Waals surface area contributed by atoms with Gasteiger partial charge in [0.15, 0.2) is 9.84 Å². The van der Waals surface area contributed by atoms with Gasteiger partial charge in [0.05, 0.1) is 54.3 Å². The lowest BCUT2D eigenvalue weighted by Gasteiger charge is -2.39. The average Bonchev–Trinajstić information content (AvgIpc) is 4.00. The molecule has 5 aromatic carbocycles. The first-order valence-electron chi connectivity index (χ1n) is 23.6. The molecule has 18 nitrogen and oxygen atoms in total. The minimum atomic E-state index is -5.03. The summed E-state index contributed by atoms with van der Waals surface area (Å²) in [5.74, 6) is 1.36. The lowest BCUT2D eigenvalue weighted by molar-refractivity contribution is 0.0139. The maximum absolute atomic E-state index is 16.3. The van der Waals surface area contributed by atoms with Gasteiger partial charge in [-0.1, -0.05) is 74.2 Å². The maximum atomic E-state index is 16.3. The number of thiazole rings is 1. The highest BCUT2D eigenvalue weighted by atomic mass is 32.2. The largest absolute Gasteiger partial charge is 0.497 e. The number of carbonyl (C=O) groups excluding carboxylic acids is 1. The zero-order valence-corrected chi connectivity index (χ0v) is 46.9. The van der Waals surface area contributed by atoms with Crippen LogP contribution in [0.4, 0.5) is 4.79 Å². The summed E-state index contributed by atoms with van der Waals surface area (Å²) in [6, 6.07) is 29.1. The molecule has 23 heteroatoms. The first kappa shape index (κ1) is 54.0. The van der Waals surface area contributed by atoms with Gasteiger partial charge in [-0.3, -0.25) is 0 Å². The van der Waals surface area contributed by atoms with Crippen LogP contribution in [0.3, 0.4) is 0 Å². The van der Waals surface area contributed by atoms with Crippen molar-refractivity contribution < 1.29 is 49.0 Å². The molecule has 74 heavy (non-hydrogen) atoms. The van der Waals surface area contributed by atoms with Crippen LogP contribution in [0.5, 0.6) is 17.2 Å². The smallest absolute Gasteiger partial charge is 0.410 e. The van der Waals surface area contributed by atoms with Gasteiger partial charge in [-0.25, -0.2) is 35.0 Å². The highest BCUT2D eigenvalue weighted by Gasteiger charge is 2.46. The number of nitrogens with zero attached hydrogens (tertiary/aromatic N) is 7. The number of fused-ring (bicyclic) bond motifs is 1. The first-order valence-corrected chi connectivity index (χ1v) is 32.7. The molecule has 0 saturated carbocycles. The molecule has 0 spiro atoms. The molecule has 0 unspecified atom stereocenters. The molecule has 7 aromatic rings. The molecule has 0 aliphatic carbocycles. The van der Waals surface area contributed by atoms with Crippen LogP contribution < -0.4 is 14.2 Å². The van der Waals surface area contributed by atoms with E-state index in [0.29, 0.717) is 44.7 Å². The predicted molar refractivity (Wildman–Crippen MR) is 285 cm³/mol. The molecule has 1 saturated heterocycles. The van der Waals surface area contributed by atoms with E-state index in [4.69, 9.17) is 29.0 Å². The molecular weight excluding hydrogens is 1040 g/mol. The Morgan fingerprint density at radius 3 is 1.82 bits per heavy atom. The Hall–Kier alpha value is -6.24. The van der Waals surface area contributed by atoms with Crippen molar-refractivity contribution >= 4 is 65.4 Å². The molecular formula is C51H59N7O11S4Si. The number of para-hydroxylation sites is 1. The van der Waals surface area contributed by atoms with Crippen LogP contribution in [-0.4, -0.2) is 125 Å². The highest BCUT2D eigenvalue weighted by molar-refractivity contribution is 7.94. The van der Waals surface area contributed by atoms with Crippen LogP contribution in [0.1, 0.15) is 37.5 Å². The third-order valence-electron chi connectivity index (χ3n) is 12.2. The summed E-state index contributed by atoms with van der Waals surface area (Å²) in [6.45, 7) is 10.4. The van der Waals surface area contributed by atoms with Gasteiger partial charge in [0, 0.05) is 39.8 Å². The Morgan fingerprint density at radius 1 is 0.743 bits per heavy atom. The van der Waals surface area contributed by atoms with Gasteiger partial charge >= 0.3 is 6.09 Å². The summed E-state index contributed by atoms with van der Waals surface area (Å²) in [6.07, 6.45) is -0.714. The number of hydrogen-bond acceptors (Lipinski definition) is 16. The van der Waals surface area contributed by atoms with Crippen molar-refractivity contribution in [2.24, 2.45) is 0 Å². The van der Waals surface area contributed by atoms with E-state index < -0.39 is 64.5 Å². The maximum Gasteiger partial charge on any atom is 0.410 e. The Morgan fingerprint density at radius 2 is 1.30 bits per heavy atom. The number of rotatable bonds is 19. The molecule has 1 aliphatic rings. The van der Waals surface area contributed by atoms with Crippen molar-refractivity contribution in [2.45, 2.75) is 91.1 Å². The summed E-state index contributed by atoms with van der Waals surface area (Å²) in [5.41, 5.74) is 1.46. The molecule has 3 heterocycles. The molecule has 8 rings (SSSR count). The van der Waals surface area contributed by atoms with Gasteiger partial charge in [0.2, 0.25) is 30.0 Å². The third-order valence-corrected chi connectivity index (χ3v) is 21.7. The Bertz CT molecular complexity index is 3470. The summed E-state index contributed by atoms with van der Waals surface area (Å²) in [7, 11) is -10.7. The fourth-order valence-corrected chi connectivity index (χ4v) is 17.9. The number of benzene rings is 5. The van der Waals surface area contributed by atoms with Gasteiger partial charge in [0.1, 0.15) is 33.0 Å². The van der Waals surface area contributed by atoms with Gasteiger partial charge in [-0.2, -0.15) is 9.10 Å². The number of hydrogen-bond donors (Lipinski definition) is 0. The number of amides is 1. The molecule has 0 bridgehead atoms. The van der Waals surface area contributed by atoms with E-state index in [1.54, 1.807) is 107 Å². The van der Waals surface area contributed by atoms with Crippen LogP contribution >= 0.6 is 11.3 Å². The van der Waals surface area contributed by atoms with E-state index in [1.165, 1.54) is 40.4 Å². The zero-order valence-electron chi connectivity index (χ0n) is 42.6. The van der Waals surface area contributed by atoms with Gasteiger partial charge in [-0.05, 0) is 103 Å². The van der Waals surface area contributed by atoms with Crippen molar-refractivity contribution in [3.63, 3.8) is 0 Å². The molecule has 2 aromatic heterocycles. The number of ether oxygens (including phenoxy) is 4. The standard InChI is InChI=1S/C51H59N7O11S4Si/c1-51(2,3)69-50(59)56-32-40(33-56)72(62,63)44-26-25-41(42-11-10-12-43-46(42)52-49(70-43)71(60,61)27-28-74(7,8)9)45(48-53-55-58(54-48)31-36-17-23-39(68-6)24-18-36)47(44)73(64,65)57(29-34-13-19-37(66-4)20-14-34)30-35-15-21-38(67-5)22-16-35/h10-26,40H,27-33H2,1-9H3. The quantitative estimate of drug-likeness (QED) is 0.0692. The van der Waals surface area contributed by atoms with Crippen LogP contribution in [0.15, 0.2) is 117 Å². The second-order valence-corrected chi connectivity index (χ2v) is 33.1. The number of aromatic nitrogens is 5. The van der Waals surface area contributed by atoms with Gasteiger partial charge < -0.3 is 23.8 Å². The fourth-order valence-electron chi connectivity index (χ4n) is 8.11. The van der Waals surface area contributed by atoms with Crippen molar-refractivity contribution in [1.29, 1.82) is 0 Å². The van der Waals surface area contributed by atoms with Crippen LogP contribution in [-0.2, 0) is 54.1 Å². The van der Waals surface area contributed by atoms with E-state index in [9.17, 15) is 13.2 Å². The number of methoxy groups -OCH3 is 3. The molecule has 1 fully saturated rings. The lowest BCUT2D eigenvalue weighted by atomic mass is 9.98. The number of carbonyl (C=O) groups is 1. The topological polar surface area (TPSA) is 219 Å². The second-order valence-electron chi connectivity index (χ2n) is 20.1. The number of likely N-dealkylation sites (tertiary alicyclic amines) is 1. The molecule has 0 atom stereocenters. The van der Waals surface area contributed by atoms with Crippen molar-refractivity contribution in [3.05, 3.63) is 120 Å². The van der Waals surface area contributed by atoms with Crippen LogP contribution in [0, 0.1) is 0 Å². The van der Waals surface area contributed by atoms with Crippen LogP contribution in [0.25, 0.3) is 32.7 Å². The predicted octanol–water partition coefficient (Wildman–Crippen LogP) is 8.59. The van der Waals surface area contributed by atoms with Crippen LogP contribution in [0.2, 0.25) is 25.7 Å². The SMILES string of the molecule is COc1ccc(CN(Cc2ccc(OC)cc2)S(=O)(=O)c2c(S(=O)(=O)C3CN(C(=O)OC(C)(C)C)C3)ccc(-c3cccc4sc(S(=O)(=O)CC[Si](C)(C)C)nc34)c2-c2nnn(Cc3ccc(OC)cc3)n2)cc1.